The number of anilines is 1. The lowest BCUT2D eigenvalue weighted by atomic mass is 9.98. The highest BCUT2D eigenvalue weighted by molar-refractivity contribution is 6.29. The molecular formula is C23H22ClN3. The van der Waals surface area contributed by atoms with Crippen LogP contribution in [0.1, 0.15) is 43.5 Å². The second-order valence-corrected chi connectivity index (χ2v) is 7.30. The van der Waals surface area contributed by atoms with Crippen LogP contribution in [0.15, 0.2) is 71.9 Å². The third-order valence-corrected chi connectivity index (χ3v) is 5.38. The van der Waals surface area contributed by atoms with Crippen molar-refractivity contribution < 1.29 is 0 Å². The van der Waals surface area contributed by atoms with Crippen LogP contribution in [0.3, 0.4) is 0 Å². The molecule has 2 atom stereocenters. The van der Waals surface area contributed by atoms with Crippen molar-refractivity contribution in [3.8, 4) is 0 Å². The quantitative estimate of drug-likeness (QED) is 0.611. The Kier molecular flexibility index (Phi) is 4.95. The zero-order valence-corrected chi connectivity index (χ0v) is 16.3. The number of halogens is 1. The van der Waals surface area contributed by atoms with Crippen LogP contribution >= 0.6 is 11.6 Å². The first-order valence-electron chi connectivity index (χ1n) is 9.30. The summed E-state index contributed by atoms with van der Waals surface area (Å²) >= 11 is 5.98. The second-order valence-electron chi connectivity index (χ2n) is 6.91. The Hall–Kier alpha value is -2.65. The molecule has 2 unspecified atom stereocenters. The zero-order chi connectivity index (χ0) is 18.8. The molecule has 0 N–H and O–H groups in total. The molecule has 0 radical (unpaired) electrons. The fourth-order valence-corrected chi connectivity index (χ4v) is 3.44. The number of aromatic nitrogens is 1. The molecule has 4 rings (SSSR count). The summed E-state index contributed by atoms with van der Waals surface area (Å²) in [5.74, 6) is 0.561. The molecule has 136 valence electrons. The monoisotopic (exact) mass is 375 g/mol. The Morgan fingerprint density at radius 2 is 1.81 bits per heavy atom. The average Bonchev–Trinajstić information content (AvgIpc) is 2.73. The molecule has 0 saturated carbocycles. The summed E-state index contributed by atoms with van der Waals surface area (Å²) < 4.78 is 0. The lowest BCUT2D eigenvalue weighted by Gasteiger charge is -2.30. The van der Waals surface area contributed by atoms with Crippen molar-refractivity contribution in [3.05, 3.63) is 93.7 Å². The summed E-state index contributed by atoms with van der Waals surface area (Å²) in [6, 6.07) is 20.8. The van der Waals surface area contributed by atoms with Gasteiger partial charge in [-0.2, -0.15) is 0 Å². The molecular weight excluding hydrogens is 354 g/mol. The summed E-state index contributed by atoms with van der Waals surface area (Å²) in [6.07, 6.45) is 4.94. The van der Waals surface area contributed by atoms with E-state index < -0.39 is 0 Å². The maximum Gasteiger partial charge on any atom is 0.153 e. The fourth-order valence-electron chi connectivity index (χ4n) is 3.33. The van der Waals surface area contributed by atoms with Gasteiger partial charge in [-0.05, 0) is 42.2 Å². The Morgan fingerprint density at radius 3 is 2.52 bits per heavy atom. The maximum atomic E-state index is 5.98. The standard InChI is InChI=1S/C23H22ClN3/c1-3-16(2)17-8-11-20(12-9-17)27-15-19-6-4-5-7-21(19)26-23(27)18-10-13-22(24)25-14-18/h4-16,23H,3H2,1-2H3. The van der Waals surface area contributed by atoms with Crippen molar-refractivity contribution in [1.82, 2.24) is 4.98 Å². The van der Waals surface area contributed by atoms with Gasteiger partial charge in [-0.15, -0.1) is 0 Å². The average molecular weight is 376 g/mol. The van der Waals surface area contributed by atoms with Crippen LogP contribution < -0.4 is 15.5 Å². The first-order valence-corrected chi connectivity index (χ1v) is 9.68. The highest BCUT2D eigenvalue weighted by Crippen LogP contribution is 2.31. The minimum absolute atomic E-state index is 0.167. The molecule has 3 aromatic rings. The van der Waals surface area contributed by atoms with Gasteiger partial charge in [0.1, 0.15) is 5.15 Å². The van der Waals surface area contributed by atoms with E-state index in [1.54, 1.807) is 6.20 Å². The molecule has 27 heavy (non-hydrogen) atoms. The summed E-state index contributed by atoms with van der Waals surface area (Å²) in [5.41, 5.74) is 3.48. The highest BCUT2D eigenvalue weighted by atomic mass is 35.5. The summed E-state index contributed by atoms with van der Waals surface area (Å²) in [7, 11) is 0. The minimum Gasteiger partial charge on any atom is -0.321 e. The summed E-state index contributed by atoms with van der Waals surface area (Å²) in [6.45, 7) is 4.48. The van der Waals surface area contributed by atoms with Crippen molar-refractivity contribution in [2.75, 3.05) is 4.90 Å². The van der Waals surface area contributed by atoms with Gasteiger partial charge in [0.05, 0.1) is 5.36 Å². The van der Waals surface area contributed by atoms with E-state index in [-0.39, 0.29) is 6.17 Å². The highest BCUT2D eigenvalue weighted by Gasteiger charge is 2.21. The van der Waals surface area contributed by atoms with Gasteiger partial charge in [-0.3, -0.25) is 4.99 Å². The smallest absolute Gasteiger partial charge is 0.153 e. The van der Waals surface area contributed by atoms with Crippen LogP contribution in [-0.4, -0.2) is 4.98 Å². The van der Waals surface area contributed by atoms with E-state index in [9.17, 15) is 0 Å². The van der Waals surface area contributed by atoms with Crippen molar-refractivity contribution in [2.45, 2.75) is 32.4 Å². The molecule has 3 nitrogen and oxygen atoms in total. The molecule has 0 bridgehead atoms. The van der Waals surface area contributed by atoms with Gasteiger partial charge in [-0.25, -0.2) is 4.98 Å². The number of hydrogen-bond acceptors (Lipinski definition) is 3. The number of fused-ring (bicyclic) bond motifs is 1. The minimum atomic E-state index is -0.167. The number of pyridine rings is 1. The number of nitrogens with zero attached hydrogens (tertiary/aromatic N) is 3. The van der Waals surface area contributed by atoms with Crippen LogP contribution in [0.5, 0.6) is 0 Å². The van der Waals surface area contributed by atoms with E-state index in [1.807, 2.05) is 30.3 Å². The van der Waals surface area contributed by atoms with E-state index in [4.69, 9.17) is 16.6 Å². The second kappa shape index (κ2) is 7.53. The zero-order valence-electron chi connectivity index (χ0n) is 15.5. The number of hydrogen-bond donors (Lipinski definition) is 0. The first-order chi connectivity index (χ1) is 13.2. The maximum absolute atomic E-state index is 5.98. The third-order valence-electron chi connectivity index (χ3n) is 5.16. The van der Waals surface area contributed by atoms with Gasteiger partial charge in [0, 0.05) is 28.9 Å². The topological polar surface area (TPSA) is 28.5 Å². The van der Waals surface area contributed by atoms with Crippen molar-refractivity contribution in [2.24, 2.45) is 4.99 Å². The molecule has 4 heteroatoms. The lowest BCUT2D eigenvalue weighted by molar-refractivity contribution is 0.708. The van der Waals surface area contributed by atoms with Gasteiger partial charge >= 0.3 is 0 Å². The van der Waals surface area contributed by atoms with Crippen LogP contribution in [0.25, 0.3) is 6.20 Å². The number of rotatable bonds is 4. The summed E-state index contributed by atoms with van der Waals surface area (Å²) in [4.78, 5) is 11.4. The van der Waals surface area contributed by atoms with Gasteiger partial charge < -0.3 is 4.90 Å². The van der Waals surface area contributed by atoms with Crippen molar-refractivity contribution in [1.29, 1.82) is 0 Å². The van der Waals surface area contributed by atoms with E-state index in [0.29, 0.717) is 11.1 Å². The lowest BCUT2D eigenvalue weighted by Crippen LogP contribution is -2.37. The normalized spacial score (nSPS) is 16.9. The predicted molar refractivity (Wildman–Crippen MR) is 111 cm³/mol. The Balaban J connectivity index is 1.80. The fraction of sp³-hybridized carbons (Fsp3) is 0.217. The first kappa shape index (κ1) is 17.7. The van der Waals surface area contributed by atoms with E-state index in [2.05, 4.69) is 60.3 Å². The number of benzene rings is 2. The van der Waals surface area contributed by atoms with E-state index in [1.165, 1.54) is 5.56 Å². The molecule has 0 spiro atoms. The molecule has 0 amide bonds. The molecule has 1 aromatic heterocycles. The van der Waals surface area contributed by atoms with Gasteiger partial charge in [-0.1, -0.05) is 61.8 Å². The molecule has 2 heterocycles. The van der Waals surface area contributed by atoms with Crippen LogP contribution in [0.2, 0.25) is 5.15 Å². The predicted octanol–water partition coefficient (Wildman–Crippen LogP) is 4.83. The molecule has 1 aliphatic heterocycles. The molecule has 0 aliphatic carbocycles. The molecule has 0 saturated heterocycles. The Bertz CT molecular complexity index is 1040. The molecule has 2 aromatic carbocycles. The van der Waals surface area contributed by atoms with E-state index >= 15 is 0 Å². The third kappa shape index (κ3) is 3.60. The van der Waals surface area contributed by atoms with Crippen LogP contribution in [0, 0.1) is 0 Å². The molecule has 0 fully saturated rings. The van der Waals surface area contributed by atoms with E-state index in [0.717, 1.165) is 28.2 Å². The largest absolute Gasteiger partial charge is 0.321 e. The van der Waals surface area contributed by atoms with Crippen molar-refractivity contribution >= 4 is 23.5 Å². The van der Waals surface area contributed by atoms with Gasteiger partial charge in [0.2, 0.25) is 0 Å². The number of para-hydroxylation sites is 1. The van der Waals surface area contributed by atoms with Gasteiger partial charge in [0.15, 0.2) is 6.17 Å². The SMILES string of the molecule is CCC(C)c1ccc(N2C=c3ccccc3=NC2c2ccc(Cl)nc2)cc1. The van der Waals surface area contributed by atoms with Crippen molar-refractivity contribution in [3.63, 3.8) is 0 Å². The van der Waals surface area contributed by atoms with Gasteiger partial charge in [0.25, 0.3) is 0 Å². The van der Waals surface area contributed by atoms with Crippen LogP contribution in [-0.2, 0) is 0 Å². The Morgan fingerprint density at radius 1 is 1.04 bits per heavy atom. The Labute approximate surface area is 164 Å². The molecule has 1 aliphatic rings. The van der Waals surface area contributed by atoms with Crippen LogP contribution in [0.4, 0.5) is 5.69 Å². The summed E-state index contributed by atoms with van der Waals surface area (Å²) in [5, 5.41) is 2.59.